The number of sulfonamides is 1. The summed E-state index contributed by atoms with van der Waals surface area (Å²) < 4.78 is 28.9. The molecule has 1 heterocycles. The number of amides is 2. The molecule has 2 aromatic carbocycles. The van der Waals surface area contributed by atoms with E-state index in [9.17, 15) is 18.0 Å². The van der Waals surface area contributed by atoms with Gasteiger partial charge < -0.3 is 10.2 Å². The van der Waals surface area contributed by atoms with Crippen molar-refractivity contribution in [3.05, 3.63) is 53.6 Å². The minimum absolute atomic E-state index is 0.0242. The van der Waals surface area contributed by atoms with Crippen LogP contribution in [0.15, 0.2) is 52.3 Å². The molecule has 172 valence electrons. The van der Waals surface area contributed by atoms with Crippen molar-refractivity contribution in [1.29, 1.82) is 0 Å². The van der Waals surface area contributed by atoms with Gasteiger partial charge in [-0.05, 0) is 70.2 Å². The minimum Gasteiger partial charge on any atom is -0.347 e. The zero-order valence-corrected chi connectivity index (χ0v) is 20.4. The molecule has 0 unspecified atom stereocenters. The van der Waals surface area contributed by atoms with Crippen LogP contribution >= 0.6 is 11.8 Å². The van der Waals surface area contributed by atoms with Crippen LogP contribution in [0.25, 0.3) is 0 Å². The van der Waals surface area contributed by atoms with Crippen LogP contribution < -0.4 is 10.0 Å². The fourth-order valence-electron chi connectivity index (χ4n) is 3.49. The van der Waals surface area contributed by atoms with Gasteiger partial charge >= 0.3 is 0 Å². The summed E-state index contributed by atoms with van der Waals surface area (Å²) in [6.07, 6.45) is 3.76. The van der Waals surface area contributed by atoms with Crippen LogP contribution in [0.3, 0.4) is 0 Å². The topological polar surface area (TPSA) is 95.6 Å². The average Bonchev–Trinajstić information content (AvgIpc) is 3.26. The summed E-state index contributed by atoms with van der Waals surface area (Å²) in [4.78, 5) is 28.1. The lowest BCUT2D eigenvalue weighted by molar-refractivity contribution is 0.0788. The molecular weight excluding hydrogens is 446 g/mol. The number of carbonyl (C=O) groups is 2. The predicted octanol–water partition coefficient (Wildman–Crippen LogP) is 3.97. The fraction of sp³-hybridized carbons (Fsp3) is 0.391. The number of hydrogen-bond acceptors (Lipinski definition) is 5. The number of nitrogens with zero attached hydrogens (tertiary/aromatic N) is 1. The molecule has 0 aromatic heterocycles. The first-order valence-corrected chi connectivity index (χ1v) is 13.1. The first-order chi connectivity index (χ1) is 15.0. The van der Waals surface area contributed by atoms with Crippen molar-refractivity contribution in [1.82, 2.24) is 10.2 Å². The Balaban J connectivity index is 1.93. The van der Waals surface area contributed by atoms with Crippen LogP contribution in [-0.4, -0.2) is 50.0 Å². The zero-order valence-electron chi connectivity index (χ0n) is 18.8. The van der Waals surface area contributed by atoms with E-state index in [0.717, 1.165) is 17.7 Å². The first kappa shape index (κ1) is 24.1. The predicted molar refractivity (Wildman–Crippen MR) is 128 cm³/mol. The molecule has 0 spiro atoms. The van der Waals surface area contributed by atoms with E-state index in [-0.39, 0.29) is 28.0 Å². The molecule has 2 amide bonds. The van der Waals surface area contributed by atoms with E-state index in [0.29, 0.717) is 18.7 Å². The van der Waals surface area contributed by atoms with Gasteiger partial charge in [-0.15, -0.1) is 11.8 Å². The minimum atomic E-state index is -4.03. The molecule has 9 heteroatoms. The number of thioether (sulfide) groups is 1. The number of nitrogens with one attached hydrogen (secondary N) is 2. The number of benzene rings is 2. The van der Waals surface area contributed by atoms with E-state index in [4.69, 9.17) is 0 Å². The average molecular weight is 476 g/mol. The van der Waals surface area contributed by atoms with Crippen molar-refractivity contribution < 1.29 is 18.0 Å². The van der Waals surface area contributed by atoms with Gasteiger partial charge in [0.25, 0.3) is 21.8 Å². The molecule has 2 N–H and O–H groups in total. The Kier molecular flexibility index (Phi) is 7.19. The van der Waals surface area contributed by atoms with Gasteiger partial charge in [0.1, 0.15) is 0 Å². The highest BCUT2D eigenvalue weighted by Crippen LogP contribution is 2.28. The van der Waals surface area contributed by atoms with E-state index in [1.165, 1.54) is 23.9 Å². The smallest absolute Gasteiger partial charge is 0.261 e. The van der Waals surface area contributed by atoms with E-state index in [1.807, 2.05) is 27.0 Å². The van der Waals surface area contributed by atoms with Crippen molar-refractivity contribution in [2.75, 3.05) is 24.1 Å². The molecule has 0 radical (unpaired) electrons. The Bertz CT molecular complexity index is 1120. The number of anilines is 1. The van der Waals surface area contributed by atoms with Crippen molar-refractivity contribution in [2.45, 2.75) is 48.9 Å². The second kappa shape index (κ2) is 9.54. The van der Waals surface area contributed by atoms with Gasteiger partial charge in [0.05, 0.1) is 21.7 Å². The maximum atomic E-state index is 13.2. The summed E-state index contributed by atoms with van der Waals surface area (Å²) >= 11 is 1.40. The summed E-state index contributed by atoms with van der Waals surface area (Å²) in [6.45, 7) is 6.91. The van der Waals surface area contributed by atoms with Crippen LogP contribution in [0, 0.1) is 0 Å². The molecule has 1 aliphatic heterocycles. The van der Waals surface area contributed by atoms with Gasteiger partial charge in [-0.2, -0.15) is 0 Å². The van der Waals surface area contributed by atoms with Crippen molar-refractivity contribution in [3.63, 3.8) is 0 Å². The number of rotatable bonds is 6. The Morgan fingerprint density at radius 2 is 1.66 bits per heavy atom. The Hall–Kier alpha value is -2.52. The number of likely N-dealkylation sites (tertiary alicyclic amines) is 1. The third-order valence-corrected chi connectivity index (χ3v) is 7.17. The lowest BCUT2D eigenvalue weighted by Gasteiger charge is -2.22. The van der Waals surface area contributed by atoms with Gasteiger partial charge in [-0.3, -0.25) is 14.3 Å². The standard InChI is InChI=1S/C23H29N3O4S2/c1-23(2,3)24-21(27)17-9-5-6-10-19(17)25-32(29,30)16-11-12-20(31-4)18(15-16)22(28)26-13-7-8-14-26/h5-6,9-12,15,25H,7-8,13-14H2,1-4H3,(H,24,27). The Labute approximate surface area is 194 Å². The number of carbonyl (C=O) groups excluding carboxylic acids is 2. The van der Waals surface area contributed by atoms with Crippen molar-refractivity contribution in [2.24, 2.45) is 0 Å². The third-order valence-electron chi connectivity index (χ3n) is 5.01. The molecule has 0 saturated carbocycles. The number of hydrogen-bond donors (Lipinski definition) is 2. The molecule has 3 rings (SSSR count). The van der Waals surface area contributed by atoms with Crippen molar-refractivity contribution in [3.8, 4) is 0 Å². The fourth-order valence-corrected chi connectivity index (χ4v) is 5.17. The maximum absolute atomic E-state index is 13.2. The molecule has 0 aliphatic carbocycles. The van der Waals surface area contributed by atoms with Crippen LogP contribution in [0.5, 0.6) is 0 Å². The highest BCUT2D eigenvalue weighted by molar-refractivity contribution is 7.98. The highest BCUT2D eigenvalue weighted by Gasteiger charge is 2.26. The summed E-state index contributed by atoms with van der Waals surface area (Å²) in [5.41, 5.74) is 0.304. The van der Waals surface area contributed by atoms with Gasteiger partial charge in [-0.1, -0.05) is 12.1 Å². The number of para-hydroxylation sites is 1. The zero-order chi connectivity index (χ0) is 23.5. The molecule has 0 bridgehead atoms. The molecule has 0 atom stereocenters. The second-order valence-electron chi connectivity index (χ2n) is 8.72. The van der Waals surface area contributed by atoms with E-state index in [2.05, 4.69) is 10.0 Å². The first-order valence-electron chi connectivity index (χ1n) is 10.4. The molecule has 1 aliphatic rings. The monoisotopic (exact) mass is 475 g/mol. The lowest BCUT2D eigenvalue weighted by Crippen LogP contribution is -2.40. The van der Waals surface area contributed by atoms with Crippen molar-refractivity contribution >= 4 is 39.3 Å². The maximum Gasteiger partial charge on any atom is 0.261 e. The quantitative estimate of drug-likeness (QED) is 0.617. The van der Waals surface area contributed by atoms with Gasteiger partial charge in [0, 0.05) is 23.5 Å². The summed E-state index contributed by atoms with van der Waals surface area (Å²) in [6, 6.07) is 11.0. The lowest BCUT2D eigenvalue weighted by atomic mass is 10.1. The Morgan fingerprint density at radius 3 is 2.28 bits per heavy atom. The Morgan fingerprint density at radius 1 is 1.00 bits per heavy atom. The third kappa shape index (κ3) is 5.63. The molecular formula is C23H29N3O4S2. The van der Waals surface area contributed by atoms with Crippen LogP contribution in [0.1, 0.15) is 54.3 Å². The molecule has 1 saturated heterocycles. The van der Waals surface area contributed by atoms with Crippen LogP contribution in [0.4, 0.5) is 5.69 Å². The normalized spacial score (nSPS) is 14.3. The summed E-state index contributed by atoms with van der Waals surface area (Å²) in [5, 5.41) is 2.85. The largest absolute Gasteiger partial charge is 0.347 e. The van der Waals surface area contributed by atoms with Crippen LogP contribution in [-0.2, 0) is 10.0 Å². The molecule has 32 heavy (non-hydrogen) atoms. The van der Waals surface area contributed by atoms with Gasteiger partial charge in [0.2, 0.25) is 0 Å². The SMILES string of the molecule is CSc1ccc(S(=O)(=O)Nc2ccccc2C(=O)NC(C)(C)C)cc1C(=O)N1CCCC1. The summed E-state index contributed by atoms with van der Waals surface area (Å²) in [5.74, 6) is -0.535. The van der Waals surface area contributed by atoms with Crippen LogP contribution in [0.2, 0.25) is 0 Å². The van der Waals surface area contributed by atoms with E-state index in [1.54, 1.807) is 35.2 Å². The van der Waals surface area contributed by atoms with E-state index >= 15 is 0 Å². The van der Waals surface area contributed by atoms with E-state index < -0.39 is 15.6 Å². The van der Waals surface area contributed by atoms with Gasteiger partial charge in [-0.25, -0.2) is 8.42 Å². The molecule has 2 aromatic rings. The molecule has 7 nitrogen and oxygen atoms in total. The van der Waals surface area contributed by atoms with Gasteiger partial charge in [0.15, 0.2) is 0 Å². The highest BCUT2D eigenvalue weighted by atomic mass is 32.2. The summed E-state index contributed by atoms with van der Waals surface area (Å²) in [7, 11) is -4.03. The second-order valence-corrected chi connectivity index (χ2v) is 11.2. The molecule has 1 fully saturated rings.